The summed E-state index contributed by atoms with van der Waals surface area (Å²) in [4.78, 5) is 0. The van der Waals surface area contributed by atoms with E-state index in [4.69, 9.17) is 11.0 Å². The quantitative estimate of drug-likeness (QED) is 0.667. The monoisotopic (exact) mass is 176 g/mol. The van der Waals surface area contributed by atoms with Crippen molar-refractivity contribution in [2.24, 2.45) is 0 Å². The second-order valence-corrected chi connectivity index (χ2v) is 2.81. The van der Waals surface area contributed by atoms with Crippen molar-refractivity contribution in [1.82, 2.24) is 0 Å². The van der Waals surface area contributed by atoms with Crippen LogP contribution in [0.5, 0.6) is 0 Å². The normalized spacial score (nSPS) is 9.31. The molecule has 0 amide bonds. The summed E-state index contributed by atoms with van der Waals surface area (Å²) in [6, 6.07) is 4.44. The molecular formula is C10H9FN2. The average Bonchev–Trinajstić information content (AvgIpc) is 2.08. The highest BCUT2D eigenvalue weighted by Gasteiger charge is 2.07. The summed E-state index contributed by atoms with van der Waals surface area (Å²) in [5.74, 6) is -0.568. The minimum Gasteiger partial charge on any atom is -0.396 e. The summed E-state index contributed by atoms with van der Waals surface area (Å²) in [6.07, 6.45) is 0. The predicted octanol–water partition coefficient (Wildman–Crippen LogP) is 2.31. The molecule has 1 aromatic rings. The molecule has 13 heavy (non-hydrogen) atoms. The second kappa shape index (κ2) is 3.28. The Hall–Kier alpha value is -1.82. The zero-order valence-corrected chi connectivity index (χ0v) is 7.26. The summed E-state index contributed by atoms with van der Waals surface area (Å²) in [5.41, 5.74) is 6.95. The van der Waals surface area contributed by atoms with Crippen LogP contribution in [0.1, 0.15) is 18.1 Å². The third kappa shape index (κ3) is 1.67. The Morgan fingerprint density at radius 1 is 1.62 bits per heavy atom. The van der Waals surface area contributed by atoms with Crippen LogP contribution in [0.4, 0.5) is 10.1 Å². The molecule has 66 valence electrons. The first kappa shape index (κ1) is 9.27. The molecule has 0 bridgehead atoms. The third-order valence-corrected chi connectivity index (χ3v) is 1.72. The molecule has 2 nitrogen and oxygen atoms in total. The molecule has 0 fully saturated rings. The van der Waals surface area contributed by atoms with E-state index in [9.17, 15) is 4.39 Å². The molecule has 0 saturated carbocycles. The van der Waals surface area contributed by atoms with Gasteiger partial charge in [-0.05, 0) is 30.2 Å². The van der Waals surface area contributed by atoms with Crippen LogP contribution in [0.25, 0.3) is 5.57 Å². The van der Waals surface area contributed by atoms with E-state index in [1.165, 1.54) is 6.07 Å². The van der Waals surface area contributed by atoms with Crippen LogP contribution in [0.15, 0.2) is 18.7 Å². The van der Waals surface area contributed by atoms with Gasteiger partial charge in [0.25, 0.3) is 0 Å². The highest BCUT2D eigenvalue weighted by atomic mass is 19.1. The minimum atomic E-state index is -0.568. The van der Waals surface area contributed by atoms with Gasteiger partial charge in [0.1, 0.15) is 5.82 Å². The van der Waals surface area contributed by atoms with E-state index in [0.717, 1.165) is 6.07 Å². The van der Waals surface area contributed by atoms with Crippen molar-refractivity contribution in [2.45, 2.75) is 6.92 Å². The van der Waals surface area contributed by atoms with Gasteiger partial charge in [0, 0.05) is 0 Å². The van der Waals surface area contributed by atoms with Gasteiger partial charge in [-0.1, -0.05) is 6.58 Å². The number of benzene rings is 1. The van der Waals surface area contributed by atoms with Crippen LogP contribution in [0.3, 0.4) is 0 Å². The summed E-state index contributed by atoms with van der Waals surface area (Å²) in [6.45, 7) is 5.42. The van der Waals surface area contributed by atoms with Crippen molar-refractivity contribution in [3.05, 3.63) is 35.7 Å². The fourth-order valence-corrected chi connectivity index (χ4v) is 1.04. The van der Waals surface area contributed by atoms with Gasteiger partial charge in [0.15, 0.2) is 0 Å². The molecule has 0 heterocycles. The number of nitrogen functional groups attached to an aromatic ring is 1. The van der Waals surface area contributed by atoms with E-state index >= 15 is 0 Å². The second-order valence-electron chi connectivity index (χ2n) is 2.81. The van der Waals surface area contributed by atoms with Crippen molar-refractivity contribution in [3.8, 4) is 6.07 Å². The molecule has 0 radical (unpaired) electrons. The third-order valence-electron chi connectivity index (χ3n) is 1.72. The Kier molecular flexibility index (Phi) is 2.34. The summed E-state index contributed by atoms with van der Waals surface area (Å²) in [7, 11) is 0. The molecule has 0 aliphatic rings. The molecule has 0 saturated heterocycles. The SMILES string of the molecule is C=C(C)c1cc(N)c(F)cc1C#N. The van der Waals surface area contributed by atoms with Gasteiger partial charge < -0.3 is 5.73 Å². The van der Waals surface area contributed by atoms with Crippen LogP contribution >= 0.6 is 0 Å². The molecule has 2 N–H and O–H groups in total. The number of hydrogen-bond acceptors (Lipinski definition) is 2. The molecule has 0 aliphatic heterocycles. The van der Waals surface area contributed by atoms with Gasteiger partial charge >= 0.3 is 0 Å². The molecule has 0 unspecified atom stereocenters. The number of hydrogen-bond donors (Lipinski definition) is 1. The molecule has 0 atom stereocenters. The van der Waals surface area contributed by atoms with Gasteiger partial charge in [-0.3, -0.25) is 0 Å². The molecule has 0 aliphatic carbocycles. The van der Waals surface area contributed by atoms with E-state index < -0.39 is 5.82 Å². The maximum absolute atomic E-state index is 12.9. The summed E-state index contributed by atoms with van der Waals surface area (Å²) in [5, 5.41) is 8.68. The largest absolute Gasteiger partial charge is 0.396 e. The summed E-state index contributed by atoms with van der Waals surface area (Å²) >= 11 is 0. The van der Waals surface area contributed by atoms with Crippen molar-refractivity contribution >= 4 is 11.3 Å². The first-order chi connectivity index (χ1) is 6.06. The predicted molar refractivity (Wildman–Crippen MR) is 50.2 cm³/mol. The fourth-order valence-electron chi connectivity index (χ4n) is 1.04. The fraction of sp³-hybridized carbons (Fsp3) is 0.100. The van der Waals surface area contributed by atoms with Crippen molar-refractivity contribution in [3.63, 3.8) is 0 Å². The van der Waals surface area contributed by atoms with E-state index in [2.05, 4.69) is 6.58 Å². The molecule has 3 heteroatoms. The number of nitrogens with zero attached hydrogens (tertiary/aromatic N) is 1. The number of halogens is 1. The number of allylic oxidation sites excluding steroid dienone is 1. The standard InChI is InChI=1S/C10H9FN2/c1-6(2)8-4-10(13)9(11)3-7(8)5-12/h3-4H,1,13H2,2H3. The lowest BCUT2D eigenvalue weighted by Gasteiger charge is -2.04. The lowest BCUT2D eigenvalue weighted by Crippen LogP contribution is -1.95. The smallest absolute Gasteiger partial charge is 0.147 e. The Morgan fingerprint density at radius 2 is 2.23 bits per heavy atom. The van der Waals surface area contributed by atoms with Crippen molar-refractivity contribution in [1.29, 1.82) is 5.26 Å². The Labute approximate surface area is 76.1 Å². The minimum absolute atomic E-state index is 0.0389. The highest BCUT2D eigenvalue weighted by molar-refractivity contribution is 5.70. The number of anilines is 1. The molecular weight excluding hydrogens is 167 g/mol. The topological polar surface area (TPSA) is 49.8 Å². The maximum Gasteiger partial charge on any atom is 0.147 e. The van der Waals surface area contributed by atoms with Crippen LogP contribution in [-0.4, -0.2) is 0 Å². The van der Waals surface area contributed by atoms with Crippen LogP contribution in [0.2, 0.25) is 0 Å². The Bertz CT molecular complexity index is 402. The van der Waals surface area contributed by atoms with Gasteiger partial charge in [-0.25, -0.2) is 4.39 Å². The van der Waals surface area contributed by atoms with E-state index in [-0.39, 0.29) is 11.3 Å². The number of rotatable bonds is 1. The molecule has 1 aromatic carbocycles. The summed E-state index contributed by atoms with van der Waals surface area (Å²) < 4.78 is 12.9. The lowest BCUT2D eigenvalue weighted by molar-refractivity contribution is 0.632. The zero-order chi connectivity index (χ0) is 10.0. The molecule has 0 aromatic heterocycles. The molecule has 1 rings (SSSR count). The van der Waals surface area contributed by atoms with Crippen molar-refractivity contribution in [2.75, 3.05) is 5.73 Å². The van der Waals surface area contributed by atoms with Crippen LogP contribution in [0, 0.1) is 17.1 Å². The zero-order valence-electron chi connectivity index (χ0n) is 7.26. The Balaban J connectivity index is 3.44. The van der Waals surface area contributed by atoms with E-state index in [0.29, 0.717) is 11.1 Å². The van der Waals surface area contributed by atoms with Gasteiger partial charge in [-0.15, -0.1) is 0 Å². The average molecular weight is 176 g/mol. The van der Waals surface area contributed by atoms with Gasteiger partial charge in [0.05, 0.1) is 17.3 Å². The van der Waals surface area contributed by atoms with E-state index in [1.807, 2.05) is 6.07 Å². The first-order valence-corrected chi connectivity index (χ1v) is 3.71. The van der Waals surface area contributed by atoms with Gasteiger partial charge in [0.2, 0.25) is 0 Å². The van der Waals surface area contributed by atoms with Crippen LogP contribution < -0.4 is 5.73 Å². The Morgan fingerprint density at radius 3 is 2.69 bits per heavy atom. The lowest BCUT2D eigenvalue weighted by atomic mass is 10.0. The first-order valence-electron chi connectivity index (χ1n) is 3.71. The molecule has 0 spiro atoms. The van der Waals surface area contributed by atoms with Gasteiger partial charge in [-0.2, -0.15) is 5.26 Å². The maximum atomic E-state index is 12.9. The number of nitriles is 1. The van der Waals surface area contributed by atoms with Crippen molar-refractivity contribution < 1.29 is 4.39 Å². The highest BCUT2D eigenvalue weighted by Crippen LogP contribution is 2.22. The van der Waals surface area contributed by atoms with Crippen LogP contribution in [-0.2, 0) is 0 Å². The number of nitrogens with two attached hydrogens (primary N) is 1. The van der Waals surface area contributed by atoms with E-state index in [1.54, 1.807) is 6.92 Å².